The minimum absolute atomic E-state index is 0.0287. The van der Waals surface area contributed by atoms with Crippen LogP contribution in [0.25, 0.3) is 88.4 Å². The molecule has 0 aliphatic heterocycles. The number of amides is 1. The highest BCUT2D eigenvalue weighted by atomic mass is 16.3. The van der Waals surface area contributed by atoms with E-state index >= 15 is 0 Å². The summed E-state index contributed by atoms with van der Waals surface area (Å²) >= 11 is 0. The fourth-order valence-corrected chi connectivity index (χ4v) is 10.5. The Morgan fingerprint density at radius 2 is 0.800 bits per heavy atom. The Kier molecular flexibility index (Phi) is 7.07. The van der Waals surface area contributed by atoms with Crippen LogP contribution in [0.15, 0.2) is 167 Å². The van der Waals surface area contributed by atoms with Crippen molar-refractivity contribution in [2.45, 2.75) is 45.4 Å². The Balaban J connectivity index is 0.901. The summed E-state index contributed by atoms with van der Waals surface area (Å²) in [4.78, 5) is 15.6. The van der Waals surface area contributed by atoms with Crippen molar-refractivity contribution in [2.75, 3.05) is 4.90 Å². The van der Waals surface area contributed by atoms with Gasteiger partial charge in [-0.25, -0.2) is 0 Å². The van der Waals surface area contributed by atoms with Crippen molar-refractivity contribution in [3.05, 3.63) is 180 Å². The lowest BCUT2D eigenvalue weighted by molar-refractivity contribution is -0.115. The van der Waals surface area contributed by atoms with Gasteiger partial charge in [0, 0.05) is 61.8 Å². The predicted octanol–water partition coefficient (Wildman–Crippen LogP) is 15.1. The van der Waals surface area contributed by atoms with Crippen LogP contribution in [0.4, 0.5) is 11.4 Å². The zero-order chi connectivity index (χ0) is 40.7. The molecular formula is C56H41NO3. The summed E-state index contributed by atoms with van der Waals surface area (Å²) in [6, 6.07) is 56.0. The molecule has 1 amide bonds. The molecule has 0 N–H and O–H groups in total. The van der Waals surface area contributed by atoms with Gasteiger partial charge < -0.3 is 8.83 Å². The lowest BCUT2D eigenvalue weighted by atomic mass is 9.81. The van der Waals surface area contributed by atoms with Crippen LogP contribution in [0.1, 0.15) is 56.9 Å². The molecule has 10 aromatic rings. The number of hydrogen-bond donors (Lipinski definition) is 0. The number of anilines is 2. The molecule has 2 aliphatic carbocycles. The first kappa shape index (κ1) is 34.8. The standard InChI is InChI=1S/C56H41NO3/c1-32(58)57(35-22-26-41-39-24-20-33(28-47(39)55(2,3)49(41)30-35)37-14-10-16-45-43-12-6-8-18-51(43)59-53(37)45)36-23-27-42-40-25-21-34(29-48(40)56(4,5)50(42)31-36)38-15-11-17-46-44-13-7-9-19-52(44)60-54(38)46/h6-31H,1-5H3. The third-order valence-corrected chi connectivity index (χ3v) is 13.6. The van der Waals surface area contributed by atoms with Crippen LogP contribution in [0, 0.1) is 0 Å². The fourth-order valence-electron chi connectivity index (χ4n) is 10.5. The van der Waals surface area contributed by atoms with Crippen LogP contribution in [-0.2, 0) is 15.6 Å². The second-order valence-electron chi connectivity index (χ2n) is 17.6. The van der Waals surface area contributed by atoms with E-state index in [-0.39, 0.29) is 16.7 Å². The van der Waals surface area contributed by atoms with E-state index in [0.29, 0.717) is 0 Å². The molecule has 0 unspecified atom stereocenters. The number of para-hydroxylation sites is 4. The van der Waals surface area contributed by atoms with E-state index in [1.54, 1.807) is 6.92 Å². The van der Waals surface area contributed by atoms with Crippen molar-refractivity contribution in [3.8, 4) is 44.5 Å². The smallest absolute Gasteiger partial charge is 0.228 e. The fraction of sp³-hybridized carbons (Fsp3) is 0.125. The van der Waals surface area contributed by atoms with Gasteiger partial charge in [-0.1, -0.05) is 137 Å². The zero-order valence-corrected chi connectivity index (χ0v) is 34.2. The third-order valence-electron chi connectivity index (χ3n) is 13.6. The van der Waals surface area contributed by atoms with E-state index in [0.717, 1.165) is 77.5 Å². The molecule has 4 heteroatoms. The number of nitrogens with zero attached hydrogens (tertiary/aromatic N) is 1. The van der Waals surface area contributed by atoms with Gasteiger partial charge >= 0.3 is 0 Å². The summed E-state index contributed by atoms with van der Waals surface area (Å²) in [5, 5.41) is 4.51. The van der Waals surface area contributed by atoms with Crippen molar-refractivity contribution in [3.63, 3.8) is 0 Å². The number of carbonyl (C=O) groups is 1. The molecule has 0 spiro atoms. The number of hydrogen-bond acceptors (Lipinski definition) is 3. The topological polar surface area (TPSA) is 46.6 Å². The first-order valence-electron chi connectivity index (χ1n) is 20.8. The van der Waals surface area contributed by atoms with Crippen LogP contribution >= 0.6 is 0 Å². The maximum Gasteiger partial charge on any atom is 0.228 e. The SMILES string of the molecule is CC(=O)N(c1ccc2c(c1)C(C)(C)c1cc(-c3cccc4c3oc3ccccc34)ccc1-2)c1ccc2c(c1)C(C)(C)c1cc(-c3cccc4c3oc3ccccc34)ccc1-2. The van der Waals surface area contributed by atoms with Gasteiger partial charge in [-0.05, 0) is 104 Å². The van der Waals surface area contributed by atoms with Crippen LogP contribution in [0.5, 0.6) is 0 Å². The first-order valence-corrected chi connectivity index (χ1v) is 20.8. The molecule has 0 saturated heterocycles. The van der Waals surface area contributed by atoms with Gasteiger partial charge in [0.2, 0.25) is 5.91 Å². The van der Waals surface area contributed by atoms with Gasteiger partial charge in [0.05, 0.1) is 0 Å². The second-order valence-corrected chi connectivity index (χ2v) is 17.6. The van der Waals surface area contributed by atoms with E-state index in [4.69, 9.17) is 8.83 Å². The lowest BCUT2D eigenvalue weighted by Gasteiger charge is -2.27. The third kappa shape index (κ3) is 4.76. The van der Waals surface area contributed by atoms with Crippen LogP contribution in [0.3, 0.4) is 0 Å². The molecule has 288 valence electrons. The molecule has 4 nitrogen and oxygen atoms in total. The summed E-state index contributed by atoms with van der Waals surface area (Å²) in [7, 11) is 0. The van der Waals surface area contributed by atoms with Crippen molar-refractivity contribution < 1.29 is 13.6 Å². The highest BCUT2D eigenvalue weighted by Crippen LogP contribution is 2.54. The van der Waals surface area contributed by atoms with Crippen LogP contribution in [-0.4, -0.2) is 5.91 Å². The Morgan fingerprint density at radius 3 is 1.23 bits per heavy atom. The van der Waals surface area contributed by atoms with Gasteiger partial charge in [-0.15, -0.1) is 0 Å². The van der Waals surface area contributed by atoms with Crippen molar-refractivity contribution >= 4 is 61.2 Å². The summed E-state index contributed by atoms with van der Waals surface area (Å²) in [6.07, 6.45) is 0. The number of carbonyl (C=O) groups excluding carboxylic acids is 1. The molecule has 0 radical (unpaired) electrons. The van der Waals surface area contributed by atoms with E-state index in [2.05, 4.69) is 161 Å². The Labute approximate surface area is 348 Å². The average Bonchev–Trinajstić information content (AvgIpc) is 3.96. The quantitative estimate of drug-likeness (QED) is 0.179. The molecule has 0 atom stereocenters. The monoisotopic (exact) mass is 775 g/mol. The maximum atomic E-state index is 13.8. The predicted molar refractivity (Wildman–Crippen MR) is 246 cm³/mol. The van der Waals surface area contributed by atoms with Crippen LogP contribution < -0.4 is 4.90 Å². The molecule has 0 saturated carbocycles. The summed E-state index contributed by atoms with van der Waals surface area (Å²) < 4.78 is 12.9. The average molecular weight is 776 g/mol. The molecule has 2 aliphatic rings. The largest absolute Gasteiger partial charge is 0.455 e. The van der Waals surface area contributed by atoms with E-state index in [1.165, 1.54) is 44.5 Å². The highest BCUT2D eigenvalue weighted by molar-refractivity contribution is 6.11. The molecule has 8 aromatic carbocycles. The Hall–Kier alpha value is -7.17. The highest BCUT2D eigenvalue weighted by Gasteiger charge is 2.39. The second kappa shape index (κ2) is 12.2. The van der Waals surface area contributed by atoms with Gasteiger partial charge in [0.1, 0.15) is 22.3 Å². The number of furan rings is 2. The molecule has 2 heterocycles. The molecule has 12 rings (SSSR count). The van der Waals surface area contributed by atoms with Gasteiger partial charge in [-0.3, -0.25) is 9.69 Å². The van der Waals surface area contributed by atoms with E-state index < -0.39 is 0 Å². The van der Waals surface area contributed by atoms with Gasteiger partial charge in [-0.2, -0.15) is 0 Å². The number of fused-ring (bicyclic) bond motifs is 12. The van der Waals surface area contributed by atoms with E-state index in [1.807, 2.05) is 29.2 Å². The normalized spacial score (nSPS) is 14.4. The molecule has 0 fully saturated rings. The molecule has 60 heavy (non-hydrogen) atoms. The summed E-state index contributed by atoms with van der Waals surface area (Å²) in [5.74, 6) is -0.0287. The van der Waals surface area contributed by atoms with Crippen LogP contribution in [0.2, 0.25) is 0 Å². The molecule has 0 bridgehead atoms. The number of rotatable bonds is 4. The van der Waals surface area contributed by atoms with Gasteiger partial charge in [0.25, 0.3) is 0 Å². The summed E-state index contributed by atoms with van der Waals surface area (Å²) in [5.41, 5.74) is 19.0. The van der Waals surface area contributed by atoms with Crippen molar-refractivity contribution in [1.29, 1.82) is 0 Å². The maximum absolute atomic E-state index is 13.8. The minimum Gasteiger partial charge on any atom is -0.455 e. The van der Waals surface area contributed by atoms with Crippen molar-refractivity contribution in [2.24, 2.45) is 0 Å². The lowest BCUT2D eigenvalue weighted by Crippen LogP contribution is -2.24. The minimum atomic E-state index is -0.299. The number of benzene rings is 8. The summed E-state index contributed by atoms with van der Waals surface area (Å²) in [6.45, 7) is 10.8. The first-order chi connectivity index (χ1) is 29.1. The molecule has 2 aromatic heterocycles. The van der Waals surface area contributed by atoms with Crippen molar-refractivity contribution in [1.82, 2.24) is 0 Å². The zero-order valence-electron chi connectivity index (χ0n) is 34.2. The molecular weight excluding hydrogens is 735 g/mol. The Bertz CT molecular complexity index is 3260. The Morgan fingerprint density at radius 1 is 0.417 bits per heavy atom. The van der Waals surface area contributed by atoms with Gasteiger partial charge in [0.15, 0.2) is 0 Å². The van der Waals surface area contributed by atoms with E-state index in [9.17, 15) is 4.79 Å².